The predicted octanol–water partition coefficient (Wildman–Crippen LogP) is 2.58. The number of carbonyl (C=O) groups is 1. The van der Waals surface area contributed by atoms with Gasteiger partial charge in [0.25, 0.3) is 5.91 Å². The van der Waals surface area contributed by atoms with Gasteiger partial charge in [-0.05, 0) is 43.2 Å². The summed E-state index contributed by atoms with van der Waals surface area (Å²) < 4.78 is 32.3. The second-order valence-corrected chi connectivity index (χ2v) is 8.20. The van der Waals surface area contributed by atoms with Gasteiger partial charge in [0, 0.05) is 24.3 Å². The van der Waals surface area contributed by atoms with Gasteiger partial charge in [-0.3, -0.25) is 4.79 Å². The number of para-hydroxylation sites is 1. The number of nitrogens with one attached hydrogen (secondary N) is 1. The zero-order chi connectivity index (χ0) is 18.7. The zero-order valence-corrected chi connectivity index (χ0v) is 15.7. The fourth-order valence-electron chi connectivity index (χ4n) is 2.85. The highest BCUT2D eigenvalue weighted by Crippen LogP contribution is 2.22. The molecule has 1 aliphatic rings. The van der Waals surface area contributed by atoms with Gasteiger partial charge in [0.05, 0.1) is 18.1 Å². The number of aryl methyl sites for hydroxylation is 2. The Labute approximate surface area is 153 Å². The van der Waals surface area contributed by atoms with Gasteiger partial charge in [-0.25, -0.2) is 8.42 Å². The lowest BCUT2D eigenvalue weighted by Crippen LogP contribution is -2.40. The van der Waals surface area contributed by atoms with Gasteiger partial charge in [-0.1, -0.05) is 24.3 Å². The first kappa shape index (κ1) is 18.6. The predicted molar refractivity (Wildman–Crippen MR) is 99.9 cm³/mol. The molecule has 0 aliphatic carbocycles. The maximum absolute atomic E-state index is 12.8. The van der Waals surface area contributed by atoms with Crippen molar-refractivity contribution in [3.63, 3.8) is 0 Å². The fourth-order valence-corrected chi connectivity index (χ4v) is 4.28. The normalized spacial score (nSPS) is 15.6. The van der Waals surface area contributed by atoms with Crippen molar-refractivity contribution in [3.8, 4) is 0 Å². The molecule has 1 aliphatic heterocycles. The van der Waals surface area contributed by atoms with Gasteiger partial charge >= 0.3 is 0 Å². The number of benzene rings is 2. The number of ether oxygens (including phenoxy) is 1. The third kappa shape index (κ3) is 3.80. The summed E-state index contributed by atoms with van der Waals surface area (Å²) in [5, 5.41) is 2.86. The number of morpholine rings is 1. The summed E-state index contributed by atoms with van der Waals surface area (Å²) in [6.45, 7) is 5.10. The SMILES string of the molecule is Cc1ccccc1NC(=O)c1cc(S(=O)(=O)N2CCOCC2)ccc1C. The van der Waals surface area contributed by atoms with Crippen LogP contribution in [-0.2, 0) is 14.8 Å². The highest BCUT2D eigenvalue weighted by molar-refractivity contribution is 7.89. The molecule has 3 rings (SSSR count). The topological polar surface area (TPSA) is 75.7 Å². The standard InChI is InChI=1S/C19H22N2O4S/c1-14-7-8-16(26(23,24)21-9-11-25-12-10-21)13-17(14)19(22)20-18-6-4-3-5-15(18)2/h3-8,13H,9-12H2,1-2H3,(H,20,22). The molecule has 0 aromatic heterocycles. The van der Waals surface area contributed by atoms with E-state index in [-0.39, 0.29) is 10.8 Å². The van der Waals surface area contributed by atoms with Crippen molar-refractivity contribution in [1.29, 1.82) is 0 Å². The number of amides is 1. The van der Waals surface area contributed by atoms with E-state index in [4.69, 9.17) is 4.74 Å². The Balaban J connectivity index is 1.90. The fraction of sp³-hybridized carbons (Fsp3) is 0.316. The van der Waals surface area contributed by atoms with E-state index in [2.05, 4.69) is 5.32 Å². The summed E-state index contributed by atoms with van der Waals surface area (Å²) in [5.41, 5.74) is 2.72. The van der Waals surface area contributed by atoms with Crippen LogP contribution in [0.15, 0.2) is 47.4 Å². The van der Waals surface area contributed by atoms with Crippen molar-refractivity contribution in [2.45, 2.75) is 18.7 Å². The van der Waals surface area contributed by atoms with E-state index in [1.165, 1.54) is 10.4 Å². The zero-order valence-electron chi connectivity index (χ0n) is 14.9. The minimum Gasteiger partial charge on any atom is -0.379 e. The molecule has 2 aromatic carbocycles. The second kappa shape index (κ2) is 7.57. The summed E-state index contributed by atoms with van der Waals surface area (Å²) >= 11 is 0. The molecule has 1 heterocycles. The van der Waals surface area contributed by atoms with Crippen molar-refractivity contribution < 1.29 is 17.9 Å². The van der Waals surface area contributed by atoms with Crippen LogP contribution in [0.4, 0.5) is 5.69 Å². The molecule has 1 saturated heterocycles. The summed E-state index contributed by atoms with van der Waals surface area (Å²) in [6, 6.07) is 12.1. The van der Waals surface area contributed by atoms with Crippen LogP contribution in [0.25, 0.3) is 0 Å². The van der Waals surface area contributed by atoms with Gasteiger partial charge in [-0.2, -0.15) is 4.31 Å². The molecular formula is C19H22N2O4S. The lowest BCUT2D eigenvalue weighted by atomic mass is 10.1. The number of carbonyl (C=O) groups excluding carboxylic acids is 1. The molecule has 0 spiro atoms. The first-order valence-corrected chi connectivity index (χ1v) is 9.89. The lowest BCUT2D eigenvalue weighted by Gasteiger charge is -2.26. The molecule has 0 unspecified atom stereocenters. The molecule has 2 aromatic rings. The summed E-state index contributed by atoms with van der Waals surface area (Å²) in [4.78, 5) is 12.8. The second-order valence-electron chi connectivity index (χ2n) is 6.26. The summed E-state index contributed by atoms with van der Waals surface area (Å²) in [6.07, 6.45) is 0. The Bertz CT molecular complexity index is 919. The molecule has 0 saturated carbocycles. The molecule has 0 radical (unpaired) electrons. The molecular weight excluding hydrogens is 352 g/mol. The van der Waals surface area contributed by atoms with Crippen molar-refractivity contribution in [1.82, 2.24) is 4.31 Å². The minimum atomic E-state index is -3.64. The summed E-state index contributed by atoms with van der Waals surface area (Å²) in [7, 11) is -3.64. The van der Waals surface area contributed by atoms with Crippen molar-refractivity contribution in [2.75, 3.05) is 31.6 Å². The Hall–Kier alpha value is -2.22. The van der Waals surface area contributed by atoms with Gasteiger partial charge in [0.2, 0.25) is 10.0 Å². The van der Waals surface area contributed by atoms with E-state index in [1.54, 1.807) is 19.1 Å². The van der Waals surface area contributed by atoms with E-state index in [0.717, 1.165) is 11.1 Å². The molecule has 1 N–H and O–H groups in total. The van der Waals surface area contributed by atoms with E-state index in [9.17, 15) is 13.2 Å². The van der Waals surface area contributed by atoms with E-state index >= 15 is 0 Å². The quantitative estimate of drug-likeness (QED) is 0.892. The molecule has 1 fully saturated rings. The van der Waals surface area contributed by atoms with Crippen LogP contribution in [0.1, 0.15) is 21.5 Å². The van der Waals surface area contributed by atoms with Crippen LogP contribution in [0.5, 0.6) is 0 Å². The number of nitrogens with zero attached hydrogens (tertiary/aromatic N) is 1. The highest BCUT2D eigenvalue weighted by Gasteiger charge is 2.27. The maximum Gasteiger partial charge on any atom is 0.255 e. The average Bonchev–Trinajstić information content (AvgIpc) is 2.64. The molecule has 6 nitrogen and oxygen atoms in total. The first-order valence-electron chi connectivity index (χ1n) is 8.45. The average molecular weight is 374 g/mol. The van der Waals surface area contributed by atoms with Crippen LogP contribution < -0.4 is 5.32 Å². The number of hydrogen-bond donors (Lipinski definition) is 1. The summed E-state index contributed by atoms with van der Waals surface area (Å²) in [5.74, 6) is -0.323. The Morgan fingerprint density at radius 3 is 2.42 bits per heavy atom. The van der Waals surface area contributed by atoms with Gasteiger partial charge in [-0.15, -0.1) is 0 Å². The molecule has 1 amide bonds. The van der Waals surface area contributed by atoms with Crippen LogP contribution in [-0.4, -0.2) is 44.9 Å². The van der Waals surface area contributed by atoms with Gasteiger partial charge in [0.1, 0.15) is 0 Å². The third-order valence-electron chi connectivity index (χ3n) is 4.45. The number of rotatable bonds is 4. The molecule has 7 heteroatoms. The van der Waals surface area contributed by atoms with Crippen LogP contribution in [0.2, 0.25) is 0 Å². The van der Waals surface area contributed by atoms with Crippen molar-refractivity contribution in [3.05, 3.63) is 59.2 Å². The van der Waals surface area contributed by atoms with Crippen molar-refractivity contribution in [2.24, 2.45) is 0 Å². The Kier molecular flexibility index (Phi) is 5.41. The highest BCUT2D eigenvalue weighted by atomic mass is 32.2. The number of hydrogen-bond acceptors (Lipinski definition) is 4. The molecule has 26 heavy (non-hydrogen) atoms. The monoisotopic (exact) mass is 374 g/mol. The largest absolute Gasteiger partial charge is 0.379 e. The van der Waals surface area contributed by atoms with Gasteiger partial charge < -0.3 is 10.1 Å². The van der Waals surface area contributed by atoms with Crippen LogP contribution in [0, 0.1) is 13.8 Å². The molecule has 138 valence electrons. The van der Waals surface area contributed by atoms with Crippen molar-refractivity contribution >= 4 is 21.6 Å². The first-order chi connectivity index (χ1) is 12.4. The van der Waals surface area contributed by atoms with Crippen LogP contribution >= 0.6 is 0 Å². The van der Waals surface area contributed by atoms with E-state index in [1.807, 2.05) is 31.2 Å². The molecule has 0 bridgehead atoms. The van der Waals surface area contributed by atoms with Gasteiger partial charge in [0.15, 0.2) is 0 Å². The Morgan fingerprint density at radius 1 is 1.04 bits per heavy atom. The van der Waals surface area contributed by atoms with E-state index < -0.39 is 10.0 Å². The minimum absolute atomic E-state index is 0.125. The van der Waals surface area contributed by atoms with E-state index in [0.29, 0.717) is 37.6 Å². The molecule has 0 atom stereocenters. The third-order valence-corrected chi connectivity index (χ3v) is 6.35. The Morgan fingerprint density at radius 2 is 1.73 bits per heavy atom. The smallest absolute Gasteiger partial charge is 0.255 e. The number of anilines is 1. The lowest BCUT2D eigenvalue weighted by molar-refractivity contribution is 0.0730. The van der Waals surface area contributed by atoms with Crippen LogP contribution in [0.3, 0.4) is 0 Å². The maximum atomic E-state index is 12.8. The number of sulfonamides is 1.